The molecule has 0 fully saturated rings. The molecule has 0 aliphatic rings. The van der Waals surface area contributed by atoms with Gasteiger partial charge in [0.05, 0.1) is 11.2 Å². The number of nitrogens with zero attached hydrogens (tertiary/aromatic N) is 5. The van der Waals surface area contributed by atoms with Crippen LogP contribution in [-0.4, -0.2) is 45.7 Å². The van der Waals surface area contributed by atoms with E-state index >= 15 is 4.39 Å². The van der Waals surface area contributed by atoms with Crippen molar-refractivity contribution in [2.45, 2.75) is 33.1 Å². The van der Waals surface area contributed by atoms with Crippen LogP contribution in [0.2, 0.25) is 0 Å². The average Bonchev–Trinajstić information content (AvgIpc) is 3.37. The first-order valence-corrected chi connectivity index (χ1v) is 13.4. The molecule has 0 aliphatic carbocycles. The summed E-state index contributed by atoms with van der Waals surface area (Å²) in [5.74, 6) is 1.21. The van der Waals surface area contributed by atoms with Crippen molar-refractivity contribution in [3.8, 4) is 11.5 Å². The van der Waals surface area contributed by atoms with Crippen molar-refractivity contribution in [1.82, 2.24) is 25.1 Å². The molecule has 40 heavy (non-hydrogen) atoms. The van der Waals surface area contributed by atoms with E-state index in [-0.39, 0.29) is 5.82 Å². The fraction of sp³-hybridized carbons (Fsp3) is 0.250. The van der Waals surface area contributed by atoms with Gasteiger partial charge in [0, 0.05) is 24.4 Å². The Bertz CT molecular complexity index is 1660. The zero-order valence-corrected chi connectivity index (χ0v) is 23.3. The molecule has 2 heterocycles. The van der Waals surface area contributed by atoms with Gasteiger partial charge in [-0.3, -0.25) is 0 Å². The molecule has 204 valence electrons. The van der Waals surface area contributed by atoms with Gasteiger partial charge in [-0.1, -0.05) is 43.7 Å². The maximum Gasteiger partial charge on any atom is 0.247 e. The van der Waals surface area contributed by atoms with Gasteiger partial charge >= 0.3 is 0 Å². The minimum atomic E-state index is -0.346. The average molecular weight is 537 g/mol. The standard InChI is InChI=1S/C32H33FN6O/c1-5-8-24-19-30-27(18-25(24)11-7-14-39(3)4)31(35-20-34-30)36-29-13-12-23(17-28(29)33)15-22-9-6-10-26(16-22)32-38-37-21(2)40-32/h6-7,9-13,16-20H,5,8,14-15H2,1-4H3,(H,34,35,36)/b11-7+. The third-order valence-corrected chi connectivity index (χ3v) is 6.58. The molecule has 8 heteroatoms. The molecule has 0 spiro atoms. The third-order valence-electron chi connectivity index (χ3n) is 6.58. The van der Waals surface area contributed by atoms with E-state index in [0.717, 1.165) is 52.5 Å². The number of nitrogens with one attached hydrogen (secondary N) is 1. The van der Waals surface area contributed by atoms with Gasteiger partial charge in [-0.15, -0.1) is 10.2 Å². The predicted molar refractivity (Wildman–Crippen MR) is 158 cm³/mol. The van der Waals surface area contributed by atoms with Crippen LogP contribution in [0.4, 0.5) is 15.9 Å². The Kier molecular flexibility index (Phi) is 8.26. The molecule has 1 N–H and O–H groups in total. The van der Waals surface area contributed by atoms with Crippen LogP contribution in [0.5, 0.6) is 0 Å². The maximum atomic E-state index is 15.3. The highest BCUT2D eigenvalue weighted by Gasteiger charge is 2.12. The lowest BCUT2D eigenvalue weighted by atomic mass is 9.99. The maximum absolute atomic E-state index is 15.3. The number of likely N-dealkylation sites (N-methyl/N-ethyl adjacent to an activating group) is 1. The molecular formula is C32H33FN6O. The summed E-state index contributed by atoms with van der Waals surface area (Å²) in [6.07, 6.45) is 8.37. The second-order valence-electron chi connectivity index (χ2n) is 10.1. The van der Waals surface area contributed by atoms with E-state index in [1.54, 1.807) is 19.1 Å². The number of benzene rings is 3. The molecule has 0 saturated heterocycles. The van der Waals surface area contributed by atoms with Gasteiger partial charge in [-0.05, 0) is 85.6 Å². The van der Waals surface area contributed by atoms with Crippen molar-refractivity contribution >= 4 is 28.5 Å². The summed E-state index contributed by atoms with van der Waals surface area (Å²) in [6.45, 7) is 4.77. The topological polar surface area (TPSA) is 80.0 Å². The van der Waals surface area contributed by atoms with E-state index in [2.05, 4.69) is 61.6 Å². The van der Waals surface area contributed by atoms with Gasteiger partial charge < -0.3 is 14.6 Å². The molecule has 7 nitrogen and oxygen atoms in total. The summed E-state index contributed by atoms with van der Waals surface area (Å²) in [7, 11) is 4.09. The largest absolute Gasteiger partial charge is 0.421 e. The Hall–Kier alpha value is -4.43. The first kappa shape index (κ1) is 27.1. The van der Waals surface area contributed by atoms with Crippen LogP contribution in [0, 0.1) is 12.7 Å². The van der Waals surface area contributed by atoms with Crippen LogP contribution >= 0.6 is 0 Å². The normalized spacial score (nSPS) is 11.7. The van der Waals surface area contributed by atoms with E-state index in [1.807, 2.05) is 44.4 Å². The van der Waals surface area contributed by atoms with Crippen molar-refractivity contribution in [1.29, 1.82) is 0 Å². The Labute approximate surface area is 233 Å². The Balaban J connectivity index is 1.39. The lowest BCUT2D eigenvalue weighted by Crippen LogP contribution is -2.10. The van der Waals surface area contributed by atoms with Crippen molar-refractivity contribution in [3.63, 3.8) is 0 Å². The Morgan fingerprint density at radius 2 is 1.85 bits per heavy atom. The van der Waals surface area contributed by atoms with Gasteiger partial charge in [0.2, 0.25) is 11.8 Å². The fourth-order valence-corrected chi connectivity index (χ4v) is 4.65. The highest BCUT2D eigenvalue weighted by Crippen LogP contribution is 2.29. The summed E-state index contributed by atoms with van der Waals surface area (Å²) in [6, 6.07) is 17.3. The highest BCUT2D eigenvalue weighted by molar-refractivity contribution is 5.93. The lowest BCUT2D eigenvalue weighted by Gasteiger charge is -2.13. The molecule has 0 aliphatic heterocycles. The van der Waals surface area contributed by atoms with Crippen molar-refractivity contribution in [2.75, 3.05) is 26.0 Å². The molecule has 5 aromatic rings. The minimum Gasteiger partial charge on any atom is -0.421 e. The lowest BCUT2D eigenvalue weighted by molar-refractivity contribution is 0.457. The summed E-state index contributed by atoms with van der Waals surface area (Å²) in [4.78, 5) is 11.1. The molecule has 0 saturated carbocycles. The molecule has 0 atom stereocenters. The summed E-state index contributed by atoms with van der Waals surface area (Å²) in [5, 5.41) is 12.0. The van der Waals surface area contributed by atoms with Crippen LogP contribution in [0.3, 0.4) is 0 Å². The fourth-order valence-electron chi connectivity index (χ4n) is 4.65. The second-order valence-corrected chi connectivity index (χ2v) is 10.1. The van der Waals surface area contributed by atoms with Crippen LogP contribution in [0.1, 0.15) is 41.5 Å². The molecule has 0 unspecified atom stereocenters. The number of anilines is 2. The molecule has 3 aromatic carbocycles. The van der Waals surface area contributed by atoms with Crippen LogP contribution in [-0.2, 0) is 12.8 Å². The van der Waals surface area contributed by atoms with Crippen LogP contribution in [0.15, 0.2) is 71.4 Å². The Morgan fingerprint density at radius 3 is 2.60 bits per heavy atom. The number of halogens is 1. The highest BCUT2D eigenvalue weighted by atomic mass is 19.1. The van der Waals surface area contributed by atoms with Crippen LogP contribution < -0.4 is 5.32 Å². The third kappa shape index (κ3) is 6.40. The molecule has 5 rings (SSSR count). The first-order valence-electron chi connectivity index (χ1n) is 13.4. The SMILES string of the molecule is CCCc1cc2ncnc(Nc3ccc(Cc4cccc(-c5nnc(C)o5)c4)cc3F)c2cc1/C=C/CN(C)C. The minimum absolute atomic E-state index is 0.346. The molecule has 2 aromatic heterocycles. The van der Waals surface area contributed by atoms with Crippen molar-refractivity contribution < 1.29 is 8.81 Å². The number of rotatable bonds is 10. The van der Waals surface area contributed by atoms with Gasteiger partial charge in [0.25, 0.3) is 0 Å². The monoisotopic (exact) mass is 536 g/mol. The smallest absolute Gasteiger partial charge is 0.247 e. The van der Waals surface area contributed by atoms with Gasteiger partial charge in [0.1, 0.15) is 18.0 Å². The Morgan fingerprint density at radius 1 is 1.00 bits per heavy atom. The van der Waals surface area contributed by atoms with E-state index in [1.165, 1.54) is 11.9 Å². The summed E-state index contributed by atoms with van der Waals surface area (Å²) >= 11 is 0. The van der Waals surface area contributed by atoms with Gasteiger partial charge in [-0.25, -0.2) is 14.4 Å². The van der Waals surface area contributed by atoms with Crippen LogP contribution in [0.25, 0.3) is 28.4 Å². The first-order chi connectivity index (χ1) is 19.4. The number of hydrogen-bond acceptors (Lipinski definition) is 7. The van der Waals surface area contributed by atoms with E-state index in [0.29, 0.717) is 29.7 Å². The summed E-state index contributed by atoms with van der Waals surface area (Å²) < 4.78 is 20.9. The zero-order chi connectivity index (χ0) is 28.1. The second kappa shape index (κ2) is 12.2. The van der Waals surface area contributed by atoms with Gasteiger partial charge in [0.15, 0.2) is 0 Å². The predicted octanol–water partition coefficient (Wildman–Crippen LogP) is 6.99. The number of aryl methyl sites for hydroxylation is 2. The molecule has 0 radical (unpaired) electrons. The van der Waals surface area contributed by atoms with Crippen molar-refractivity contribution in [3.05, 3.63) is 101 Å². The van der Waals surface area contributed by atoms with Crippen molar-refractivity contribution in [2.24, 2.45) is 0 Å². The van der Waals surface area contributed by atoms with E-state index < -0.39 is 0 Å². The van der Waals surface area contributed by atoms with Gasteiger partial charge in [-0.2, -0.15) is 0 Å². The summed E-state index contributed by atoms with van der Waals surface area (Å²) in [5.41, 5.74) is 6.27. The molecule has 0 amide bonds. The zero-order valence-electron chi connectivity index (χ0n) is 23.3. The molecule has 0 bridgehead atoms. The number of aromatic nitrogens is 4. The van der Waals surface area contributed by atoms with E-state index in [9.17, 15) is 0 Å². The molecular weight excluding hydrogens is 503 g/mol. The van der Waals surface area contributed by atoms with E-state index in [4.69, 9.17) is 4.42 Å². The number of hydrogen-bond donors (Lipinski definition) is 1. The quantitative estimate of drug-likeness (QED) is 0.206. The number of fused-ring (bicyclic) bond motifs is 1.